The molecule has 3 atom stereocenters. The molecule has 0 spiro atoms. The van der Waals surface area contributed by atoms with E-state index in [0.717, 1.165) is 31.4 Å². The second-order valence-electron chi connectivity index (χ2n) is 6.80. The zero-order valence-electron chi connectivity index (χ0n) is 13.5. The summed E-state index contributed by atoms with van der Waals surface area (Å²) in [6.07, 6.45) is 3.20. The maximum absolute atomic E-state index is 13.9. The molecule has 2 aliphatic rings. The Bertz CT molecular complexity index is 713. The highest BCUT2D eigenvalue weighted by Crippen LogP contribution is 2.44. The van der Waals surface area contributed by atoms with E-state index in [1.54, 1.807) is 12.1 Å². The summed E-state index contributed by atoms with van der Waals surface area (Å²) in [5.74, 6) is 0.299. The van der Waals surface area contributed by atoms with Crippen LogP contribution in [0.2, 0.25) is 0 Å². The molecule has 2 nitrogen and oxygen atoms in total. The molecule has 3 heteroatoms. The number of hydrogen-bond acceptors (Lipinski definition) is 2. The average molecular weight is 310 g/mol. The lowest BCUT2D eigenvalue weighted by molar-refractivity contribution is 0.284. The number of nitrogens with one attached hydrogen (secondary N) is 2. The highest BCUT2D eigenvalue weighted by molar-refractivity contribution is 5.45. The van der Waals surface area contributed by atoms with Crippen LogP contribution < -0.4 is 10.6 Å². The third-order valence-electron chi connectivity index (χ3n) is 5.37. The Morgan fingerprint density at radius 2 is 1.91 bits per heavy atom. The maximum atomic E-state index is 13.9. The van der Waals surface area contributed by atoms with E-state index >= 15 is 0 Å². The third-order valence-corrected chi connectivity index (χ3v) is 5.37. The smallest absolute Gasteiger partial charge is 0.123 e. The van der Waals surface area contributed by atoms with Crippen molar-refractivity contribution in [1.29, 1.82) is 0 Å². The van der Waals surface area contributed by atoms with E-state index < -0.39 is 0 Å². The van der Waals surface area contributed by atoms with Crippen LogP contribution in [0, 0.1) is 5.82 Å². The average Bonchev–Trinajstić information content (AvgIpc) is 2.70. The van der Waals surface area contributed by atoms with Crippen molar-refractivity contribution < 1.29 is 4.39 Å². The zero-order chi connectivity index (χ0) is 15.8. The Kier molecular flexibility index (Phi) is 3.92. The summed E-state index contributed by atoms with van der Waals surface area (Å²) in [7, 11) is 1.99. The highest BCUT2D eigenvalue weighted by atomic mass is 19.1. The Morgan fingerprint density at radius 1 is 1.09 bits per heavy atom. The summed E-state index contributed by atoms with van der Waals surface area (Å²) in [5, 5.41) is 7.06. The fourth-order valence-corrected chi connectivity index (χ4v) is 4.33. The van der Waals surface area contributed by atoms with Crippen molar-refractivity contribution in [2.24, 2.45) is 0 Å². The first-order chi connectivity index (χ1) is 11.3. The second kappa shape index (κ2) is 6.06. The van der Waals surface area contributed by atoms with E-state index in [-0.39, 0.29) is 11.9 Å². The van der Waals surface area contributed by atoms with Crippen molar-refractivity contribution in [2.75, 3.05) is 13.6 Å². The first-order valence-electron chi connectivity index (χ1n) is 8.53. The molecule has 0 saturated carbocycles. The van der Waals surface area contributed by atoms with Crippen molar-refractivity contribution in [3.63, 3.8) is 0 Å². The molecule has 0 aromatic heterocycles. The molecule has 120 valence electrons. The van der Waals surface area contributed by atoms with Gasteiger partial charge in [0.2, 0.25) is 0 Å². The van der Waals surface area contributed by atoms with E-state index in [2.05, 4.69) is 34.9 Å². The van der Waals surface area contributed by atoms with Gasteiger partial charge < -0.3 is 10.6 Å². The molecule has 4 rings (SSSR count). The minimum absolute atomic E-state index is 0.133. The molecule has 1 aliphatic heterocycles. The van der Waals surface area contributed by atoms with Crippen LogP contribution in [0.15, 0.2) is 42.5 Å². The van der Waals surface area contributed by atoms with Crippen LogP contribution in [0.4, 0.5) is 4.39 Å². The lowest BCUT2D eigenvalue weighted by atomic mass is 9.79. The number of fused-ring (bicyclic) bond motifs is 5. The van der Waals surface area contributed by atoms with Gasteiger partial charge in [0, 0.05) is 24.5 Å². The van der Waals surface area contributed by atoms with Crippen LogP contribution in [-0.2, 0) is 6.42 Å². The van der Waals surface area contributed by atoms with Gasteiger partial charge in [-0.1, -0.05) is 30.3 Å². The van der Waals surface area contributed by atoms with Gasteiger partial charge in [0.25, 0.3) is 0 Å². The monoisotopic (exact) mass is 310 g/mol. The molecule has 2 aromatic rings. The lowest BCUT2D eigenvalue weighted by Gasteiger charge is -2.38. The fourth-order valence-electron chi connectivity index (χ4n) is 4.33. The molecule has 23 heavy (non-hydrogen) atoms. The number of hydrogen-bond donors (Lipinski definition) is 2. The third kappa shape index (κ3) is 2.68. The number of benzene rings is 2. The first kappa shape index (κ1) is 14.9. The summed E-state index contributed by atoms with van der Waals surface area (Å²) in [6, 6.07) is 14.7. The lowest BCUT2D eigenvalue weighted by Crippen LogP contribution is -2.45. The molecule has 1 fully saturated rings. The van der Waals surface area contributed by atoms with Crippen molar-refractivity contribution >= 4 is 0 Å². The Morgan fingerprint density at radius 3 is 2.78 bits per heavy atom. The minimum Gasteiger partial charge on any atom is -0.318 e. The summed E-state index contributed by atoms with van der Waals surface area (Å²) >= 11 is 0. The van der Waals surface area contributed by atoms with Crippen molar-refractivity contribution in [2.45, 2.75) is 37.3 Å². The Labute approximate surface area is 137 Å². The van der Waals surface area contributed by atoms with Crippen LogP contribution in [-0.4, -0.2) is 19.6 Å². The Balaban J connectivity index is 1.82. The number of likely N-dealkylation sites (N-methyl/N-ethyl adjacent to an activating group) is 1. The maximum Gasteiger partial charge on any atom is 0.123 e. The van der Waals surface area contributed by atoms with Gasteiger partial charge in [-0.05, 0) is 60.7 Å². The van der Waals surface area contributed by atoms with Gasteiger partial charge in [-0.25, -0.2) is 4.39 Å². The van der Waals surface area contributed by atoms with Crippen molar-refractivity contribution in [1.82, 2.24) is 10.6 Å². The number of rotatable bonds is 2. The molecule has 0 amide bonds. The fraction of sp³-hybridized carbons (Fsp3) is 0.400. The predicted molar refractivity (Wildman–Crippen MR) is 91.2 cm³/mol. The molecule has 1 saturated heterocycles. The van der Waals surface area contributed by atoms with Gasteiger partial charge in [0.1, 0.15) is 5.82 Å². The molecule has 0 unspecified atom stereocenters. The van der Waals surface area contributed by atoms with Gasteiger partial charge in [0.15, 0.2) is 0 Å². The molecular weight excluding hydrogens is 287 g/mol. The van der Waals surface area contributed by atoms with Crippen LogP contribution in [0.1, 0.15) is 47.1 Å². The van der Waals surface area contributed by atoms with Crippen LogP contribution >= 0.6 is 0 Å². The summed E-state index contributed by atoms with van der Waals surface area (Å²) in [5.41, 5.74) is 5.22. The molecule has 0 radical (unpaired) electrons. The SMILES string of the molecule is CNC[C@H]1CC[C@@H]2c3ccccc3Cc3ccc(F)cc3[C@H]2N1. The summed E-state index contributed by atoms with van der Waals surface area (Å²) < 4.78 is 13.9. The van der Waals surface area contributed by atoms with Gasteiger partial charge >= 0.3 is 0 Å². The van der Waals surface area contributed by atoms with Gasteiger partial charge in [-0.15, -0.1) is 0 Å². The normalized spacial score (nSPS) is 25.9. The van der Waals surface area contributed by atoms with Crippen LogP contribution in [0.5, 0.6) is 0 Å². The van der Waals surface area contributed by atoms with E-state index in [9.17, 15) is 4.39 Å². The van der Waals surface area contributed by atoms with E-state index in [1.165, 1.54) is 16.7 Å². The van der Waals surface area contributed by atoms with Gasteiger partial charge in [-0.2, -0.15) is 0 Å². The van der Waals surface area contributed by atoms with Crippen LogP contribution in [0.3, 0.4) is 0 Å². The largest absolute Gasteiger partial charge is 0.318 e. The highest BCUT2D eigenvalue weighted by Gasteiger charge is 2.36. The van der Waals surface area contributed by atoms with E-state index in [0.29, 0.717) is 12.0 Å². The molecule has 2 aromatic carbocycles. The number of halogens is 1. The predicted octanol–water partition coefficient (Wildman–Crippen LogP) is 3.53. The quantitative estimate of drug-likeness (QED) is 0.887. The molecule has 0 bridgehead atoms. The van der Waals surface area contributed by atoms with Crippen molar-refractivity contribution in [3.05, 3.63) is 70.5 Å². The summed E-state index contributed by atoms with van der Waals surface area (Å²) in [6.45, 7) is 0.954. The minimum atomic E-state index is -0.133. The summed E-state index contributed by atoms with van der Waals surface area (Å²) in [4.78, 5) is 0. The molecular formula is C20H23FN2. The van der Waals surface area contributed by atoms with E-state index in [4.69, 9.17) is 0 Å². The van der Waals surface area contributed by atoms with Crippen LogP contribution in [0.25, 0.3) is 0 Å². The topological polar surface area (TPSA) is 24.1 Å². The number of piperidine rings is 1. The molecule has 1 aliphatic carbocycles. The second-order valence-corrected chi connectivity index (χ2v) is 6.80. The van der Waals surface area contributed by atoms with Crippen molar-refractivity contribution in [3.8, 4) is 0 Å². The van der Waals surface area contributed by atoms with Gasteiger partial charge in [-0.3, -0.25) is 0 Å². The first-order valence-corrected chi connectivity index (χ1v) is 8.53. The molecule has 1 heterocycles. The molecule has 2 N–H and O–H groups in total. The standard InChI is InChI=1S/C20H23FN2/c1-22-12-16-8-9-18-17-5-3-2-4-13(17)10-14-6-7-15(21)11-19(14)20(18)23-16/h2-7,11,16,18,20,22-23H,8-10,12H2,1H3/t16-,18-,20+/m1/s1. The van der Waals surface area contributed by atoms with Gasteiger partial charge in [0.05, 0.1) is 0 Å². The van der Waals surface area contributed by atoms with E-state index in [1.807, 2.05) is 13.1 Å². The Hall–Kier alpha value is -1.71. The zero-order valence-corrected chi connectivity index (χ0v) is 13.5.